The van der Waals surface area contributed by atoms with Crippen molar-refractivity contribution in [2.24, 2.45) is 22.9 Å². The van der Waals surface area contributed by atoms with Crippen LogP contribution in [-0.2, 0) is 27.2 Å². The van der Waals surface area contributed by atoms with Crippen LogP contribution in [0.3, 0.4) is 0 Å². The zero-order valence-electron chi connectivity index (χ0n) is 32.2. The summed E-state index contributed by atoms with van der Waals surface area (Å²) in [6, 6.07) is 0. The number of hydrogen-bond donors (Lipinski definition) is 4. The Bertz CT molecular complexity index is 713. The summed E-state index contributed by atoms with van der Waals surface area (Å²) < 4.78 is 50.6. The first-order valence-electron chi connectivity index (χ1n) is 18.3. The van der Waals surface area contributed by atoms with Crippen molar-refractivity contribution in [2.75, 3.05) is 104 Å². The number of nitrogens with zero attached hydrogens (tertiary/aromatic N) is 2. The third-order valence-electron chi connectivity index (χ3n) is 7.85. The highest BCUT2D eigenvalue weighted by Crippen LogP contribution is 2.49. The van der Waals surface area contributed by atoms with E-state index in [1.165, 1.54) is 0 Å². The van der Waals surface area contributed by atoms with Crippen molar-refractivity contribution in [3.8, 4) is 0 Å². The number of unbranched alkanes of at least 4 members (excludes halogenated alkanes) is 11. The molecule has 0 radical (unpaired) electrons. The SMILES string of the molecule is CCCCCCOP(=O)(CCN(CCN)CCN)OCCCCCCCCOP(=O)(CCN(CCN)CCN)OCCCCCC.Cl.Cl.Cl.Cl.Cl.Cl. The molecule has 0 aliphatic carbocycles. The van der Waals surface area contributed by atoms with E-state index in [-0.39, 0.29) is 74.4 Å². The fourth-order valence-electron chi connectivity index (χ4n) is 5.05. The highest BCUT2D eigenvalue weighted by Gasteiger charge is 2.26. The first-order chi connectivity index (χ1) is 22.3. The molecule has 20 heteroatoms. The van der Waals surface area contributed by atoms with Crippen molar-refractivity contribution in [1.82, 2.24) is 9.80 Å². The lowest BCUT2D eigenvalue weighted by Gasteiger charge is -2.24. The zero-order valence-corrected chi connectivity index (χ0v) is 38.9. The van der Waals surface area contributed by atoms with Crippen molar-refractivity contribution in [1.29, 1.82) is 0 Å². The summed E-state index contributed by atoms with van der Waals surface area (Å²) >= 11 is 0. The molecule has 52 heavy (non-hydrogen) atoms. The van der Waals surface area contributed by atoms with Crippen LogP contribution in [0, 0.1) is 0 Å². The lowest BCUT2D eigenvalue weighted by molar-refractivity contribution is 0.190. The average Bonchev–Trinajstić information content (AvgIpc) is 3.04. The van der Waals surface area contributed by atoms with Crippen molar-refractivity contribution in [2.45, 2.75) is 104 Å². The number of halogens is 6. The third-order valence-corrected chi connectivity index (χ3v) is 11.6. The molecule has 12 nitrogen and oxygen atoms in total. The van der Waals surface area contributed by atoms with Crippen LogP contribution >= 0.6 is 89.6 Å². The molecule has 2 unspecified atom stereocenters. The quantitative estimate of drug-likeness (QED) is 0.0350. The van der Waals surface area contributed by atoms with Gasteiger partial charge in [0.25, 0.3) is 0 Å². The predicted octanol–water partition coefficient (Wildman–Crippen LogP) is 7.91. The maximum atomic E-state index is 13.5. The van der Waals surface area contributed by atoms with E-state index >= 15 is 0 Å². The van der Waals surface area contributed by atoms with Crippen molar-refractivity contribution in [3.63, 3.8) is 0 Å². The van der Waals surface area contributed by atoms with Crippen LogP contribution in [0.4, 0.5) is 0 Å². The Kier molecular flexibility index (Phi) is 64.5. The molecule has 0 spiro atoms. The maximum Gasteiger partial charge on any atom is 0.331 e. The standard InChI is InChI=1S/C32H74N6O6P2.6ClH/c1-3-5-7-13-27-41-45(39,31-25-37(21-17-33)22-18-34)43-29-15-11-9-10-12-16-30-44-46(40,42-28-14-8-6-4-2)32-26-38(23-19-35)24-20-36;;;;;;/h3-36H2,1-2H3;6*1H. The largest absolute Gasteiger partial charge is 0.331 e. The number of nitrogens with two attached hydrogens (primary N) is 4. The molecule has 0 saturated carbocycles. The van der Waals surface area contributed by atoms with Crippen LogP contribution < -0.4 is 22.9 Å². The van der Waals surface area contributed by atoms with Crippen LogP contribution in [0.2, 0.25) is 0 Å². The lowest BCUT2D eigenvalue weighted by atomic mass is 10.1. The first-order valence-corrected chi connectivity index (χ1v) is 21.8. The second-order valence-corrected chi connectivity index (χ2v) is 16.5. The number of hydrogen-bond acceptors (Lipinski definition) is 12. The van der Waals surface area contributed by atoms with Gasteiger partial charge in [-0.05, 0) is 25.7 Å². The van der Waals surface area contributed by atoms with Gasteiger partial charge >= 0.3 is 15.2 Å². The molecule has 0 aromatic rings. The van der Waals surface area contributed by atoms with Gasteiger partial charge in [0.15, 0.2) is 0 Å². The second-order valence-electron chi connectivity index (χ2n) is 12.1. The van der Waals surface area contributed by atoms with Gasteiger partial charge in [0, 0.05) is 65.4 Å². The molecule has 2 atom stereocenters. The molecule has 0 aliphatic heterocycles. The fraction of sp³-hybridized carbons (Fsp3) is 1.00. The Hall–Kier alpha value is 1.80. The molecule has 8 N–H and O–H groups in total. The average molecular weight is 920 g/mol. The Morgan fingerprint density at radius 1 is 0.385 bits per heavy atom. The van der Waals surface area contributed by atoms with E-state index in [1.807, 2.05) is 0 Å². The fourth-order valence-corrected chi connectivity index (χ4v) is 8.40. The summed E-state index contributed by atoms with van der Waals surface area (Å²) in [6.45, 7) is 12.3. The van der Waals surface area contributed by atoms with Gasteiger partial charge in [-0.3, -0.25) is 9.13 Å². The molecule has 0 amide bonds. The molecule has 0 aromatic carbocycles. The van der Waals surface area contributed by atoms with Gasteiger partial charge in [-0.25, -0.2) is 0 Å². The Balaban J connectivity index is -0.000000675. The van der Waals surface area contributed by atoms with Crippen molar-refractivity contribution in [3.05, 3.63) is 0 Å². The maximum absolute atomic E-state index is 13.5. The van der Waals surface area contributed by atoms with Crippen LogP contribution in [-0.4, -0.2) is 114 Å². The molecular weight excluding hydrogens is 839 g/mol. The van der Waals surface area contributed by atoms with E-state index in [1.54, 1.807) is 0 Å². The van der Waals surface area contributed by atoms with Crippen molar-refractivity contribution >= 4 is 89.6 Å². The minimum Gasteiger partial charge on any atom is -0.329 e. The summed E-state index contributed by atoms with van der Waals surface area (Å²) in [5.74, 6) is 0. The van der Waals surface area contributed by atoms with E-state index in [0.717, 1.165) is 89.9 Å². The molecule has 0 bridgehead atoms. The monoisotopic (exact) mass is 916 g/mol. The molecule has 0 aromatic heterocycles. The molecule has 0 saturated heterocycles. The minimum absolute atomic E-state index is 0. The van der Waals surface area contributed by atoms with Crippen LogP contribution in [0.1, 0.15) is 104 Å². The topological polar surface area (TPSA) is 182 Å². The van der Waals surface area contributed by atoms with E-state index in [9.17, 15) is 9.13 Å². The van der Waals surface area contributed by atoms with Gasteiger partial charge in [0.1, 0.15) is 0 Å². The summed E-state index contributed by atoms with van der Waals surface area (Å²) in [4.78, 5) is 4.24. The van der Waals surface area contributed by atoms with Gasteiger partial charge in [0.2, 0.25) is 0 Å². The van der Waals surface area contributed by atoms with Gasteiger partial charge < -0.3 is 50.8 Å². The molecule has 0 aliphatic rings. The predicted molar refractivity (Wildman–Crippen MR) is 237 cm³/mol. The van der Waals surface area contributed by atoms with Gasteiger partial charge in [-0.1, -0.05) is 78.1 Å². The highest BCUT2D eigenvalue weighted by molar-refractivity contribution is 7.54. The van der Waals surface area contributed by atoms with Gasteiger partial charge in [0.05, 0.1) is 38.8 Å². The molecular formula is C32H80Cl6N6O6P2. The highest BCUT2D eigenvalue weighted by atomic mass is 35.5. The van der Waals surface area contributed by atoms with E-state index in [0.29, 0.717) is 104 Å². The lowest BCUT2D eigenvalue weighted by Crippen LogP contribution is -2.36. The second kappa shape index (κ2) is 48.9. The Labute approximate surface area is 355 Å². The van der Waals surface area contributed by atoms with Crippen LogP contribution in [0.15, 0.2) is 0 Å². The van der Waals surface area contributed by atoms with E-state index in [2.05, 4.69) is 23.6 Å². The Morgan fingerprint density at radius 2 is 0.615 bits per heavy atom. The molecule has 0 rings (SSSR count). The number of rotatable bonds is 37. The van der Waals surface area contributed by atoms with E-state index in [4.69, 9.17) is 41.0 Å². The van der Waals surface area contributed by atoms with Crippen molar-refractivity contribution < 1.29 is 27.2 Å². The third kappa shape index (κ3) is 41.4. The van der Waals surface area contributed by atoms with Crippen LogP contribution in [0.5, 0.6) is 0 Å². The van der Waals surface area contributed by atoms with Gasteiger partial charge in [-0.15, -0.1) is 74.4 Å². The summed E-state index contributed by atoms with van der Waals surface area (Å²) in [6.07, 6.45) is 14.9. The van der Waals surface area contributed by atoms with E-state index < -0.39 is 15.2 Å². The summed E-state index contributed by atoms with van der Waals surface area (Å²) in [7, 11) is -6.37. The molecule has 326 valence electrons. The molecule has 0 fully saturated rings. The Morgan fingerprint density at radius 3 is 0.846 bits per heavy atom. The first kappa shape index (κ1) is 68.5. The normalized spacial score (nSPS) is 13.0. The zero-order chi connectivity index (χ0) is 34.2. The minimum atomic E-state index is -3.18. The summed E-state index contributed by atoms with van der Waals surface area (Å²) in [5, 5.41) is 0. The van der Waals surface area contributed by atoms with Crippen LogP contribution in [0.25, 0.3) is 0 Å². The molecule has 0 heterocycles. The van der Waals surface area contributed by atoms with Gasteiger partial charge in [-0.2, -0.15) is 0 Å². The summed E-state index contributed by atoms with van der Waals surface area (Å²) in [5.41, 5.74) is 22.9. The smallest absolute Gasteiger partial charge is 0.329 e.